The molecule has 0 unspecified atom stereocenters. The summed E-state index contributed by atoms with van der Waals surface area (Å²) in [6.07, 6.45) is 1.53. The van der Waals surface area contributed by atoms with E-state index >= 15 is 0 Å². The Morgan fingerprint density at radius 2 is 1.86 bits per heavy atom. The molecule has 0 atom stereocenters. The monoisotopic (exact) mass is 428 g/mol. The summed E-state index contributed by atoms with van der Waals surface area (Å²) in [4.78, 5) is 37.8. The molecule has 1 fully saturated rings. The van der Waals surface area contributed by atoms with Gasteiger partial charge < -0.3 is 4.90 Å². The first-order chi connectivity index (χ1) is 13.6. The van der Waals surface area contributed by atoms with Gasteiger partial charge in [0.15, 0.2) is 0 Å². The second-order valence-electron chi connectivity index (χ2n) is 7.84. The van der Waals surface area contributed by atoms with E-state index < -0.39 is 5.54 Å². The van der Waals surface area contributed by atoms with Crippen LogP contribution in [0.2, 0.25) is 5.02 Å². The van der Waals surface area contributed by atoms with Gasteiger partial charge in [-0.15, -0.1) is 11.3 Å². The number of hydrogen-bond donors (Lipinski definition) is 0. The van der Waals surface area contributed by atoms with Crippen LogP contribution in [0.15, 0.2) is 24.5 Å². The smallest absolute Gasteiger partial charge is 0.313 e. The number of nitrogens with zero attached hydrogens (tertiary/aromatic N) is 4. The first-order valence-electron chi connectivity index (χ1n) is 9.21. The summed E-state index contributed by atoms with van der Waals surface area (Å²) in [6, 6.07) is 5.48. The Morgan fingerprint density at radius 3 is 2.52 bits per heavy atom. The quantitative estimate of drug-likeness (QED) is 0.562. The molecule has 0 bridgehead atoms. The number of amides is 3. The zero-order valence-electron chi connectivity index (χ0n) is 16.9. The number of aromatic nitrogens is 2. The molecule has 0 radical (unpaired) electrons. The Labute approximate surface area is 178 Å². The van der Waals surface area contributed by atoms with Crippen LogP contribution < -0.4 is 0 Å². The van der Waals surface area contributed by atoms with E-state index in [1.54, 1.807) is 20.9 Å². The van der Waals surface area contributed by atoms with Gasteiger partial charge >= 0.3 is 6.03 Å². The fraction of sp³-hybridized carbons (Fsp3) is 0.333. The topological polar surface area (TPSA) is 66.4 Å². The largest absolute Gasteiger partial charge is 0.327 e. The molecule has 0 aliphatic carbocycles. The van der Waals surface area contributed by atoms with Gasteiger partial charge in [-0.3, -0.25) is 9.69 Å². The van der Waals surface area contributed by atoms with E-state index in [-0.39, 0.29) is 18.5 Å². The number of imide groups is 1. The molecule has 3 heterocycles. The third kappa shape index (κ3) is 3.09. The summed E-state index contributed by atoms with van der Waals surface area (Å²) in [5.74, 6) is -0.199. The van der Waals surface area contributed by atoms with Crippen LogP contribution in [0, 0.1) is 13.8 Å². The van der Waals surface area contributed by atoms with Gasteiger partial charge in [0.2, 0.25) is 0 Å². The highest BCUT2D eigenvalue weighted by Gasteiger charge is 2.49. The lowest BCUT2D eigenvalue weighted by atomic mass is 10.0. The van der Waals surface area contributed by atoms with Crippen LogP contribution in [-0.2, 0) is 11.3 Å². The number of aryl methyl sites for hydroxylation is 1. The highest BCUT2D eigenvalue weighted by molar-refractivity contribution is 7.19. The molecule has 1 saturated heterocycles. The summed E-state index contributed by atoms with van der Waals surface area (Å²) in [6.45, 7) is 7.80. The second kappa shape index (κ2) is 6.78. The molecule has 6 nitrogen and oxygen atoms in total. The van der Waals surface area contributed by atoms with Gasteiger partial charge in [-0.05, 0) is 57.0 Å². The summed E-state index contributed by atoms with van der Waals surface area (Å²) < 4.78 is 0.916. The van der Waals surface area contributed by atoms with E-state index in [0.29, 0.717) is 5.02 Å². The summed E-state index contributed by atoms with van der Waals surface area (Å²) in [7, 11) is 1.65. The van der Waals surface area contributed by atoms with Crippen molar-refractivity contribution in [1.29, 1.82) is 0 Å². The van der Waals surface area contributed by atoms with Crippen molar-refractivity contribution in [1.82, 2.24) is 19.8 Å². The van der Waals surface area contributed by atoms with Gasteiger partial charge in [0.05, 0.1) is 22.5 Å². The predicted molar refractivity (Wildman–Crippen MR) is 115 cm³/mol. The molecule has 29 heavy (non-hydrogen) atoms. The molecule has 0 spiro atoms. The molecule has 2 aromatic heterocycles. The van der Waals surface area contributed by atoms with E-state index in [4.69, 9.17) is 11.6 Å². The molecule has 8 heteroatoms. The maximum atomic E-state index is 12.7. The third-order valence-corrected chi connectivity index (χ3v) is 7.02. The maximum absolute atomic E-state index is 12.7. The van der Waals surface area contributed by atoms with Crippen LogP contribution in [0.3, 0.4) is 0 Å². The van der Waals surface area contributed by atoms with Gasteiger partial charge in [-0.25, -0.2) is 14.8 Å². The SMILES string of the molecule is Cc1cc(Cl)cc(-c2ncnc3cc(CN4C(=O)N(C)C(C)(C)C4=O)sc23)c1C. The Hall–Kier alpha value is -2.51. The van der Waals surface area contributed by atoms with E-state index in [9.17, 15) is 9.59 Å². The van der Waals surface area contributed by atoms with Crippen molar-refractivity contribution in [2.24, 2.45) is 0 Å². The van der Waals surface area contributed by atoms with Gasteiger partial charge in [0, 0.05) is 22.5 Å². The Balaban J connectivity index is 1.77. The van der Waals surface area contributed by atoms with Crippen molar-refractivity contribution < 1.29 is 9.59 Å². The van der Waals surface area contributed by atoms with Gasteiger partial charge in [-0.1, -0.05) is 11.6 Å². The predicted octanol–water partition coefficient (Wildman–Crippen LogP) is 4.80. The first-order valence-corrected chi connectivity index (χ1v) is 10.4. The van der Waals surface area contributed by atoms with Crippen molar-refractivity contribution >= 4 is 45.1 Å². The average molecular weight is 429 g/mol. The van der Waals surface area contributed by atoms with Crippen LogP contribution in [-0.4, -0.2) is 44.3 Å². The lowest BCUT2D eigenvalue weighted by Gasteiger charge is -2.22. The van der Waals surface area contributed by atoms with Crippen LogP contribution in [0.1, 0.15) is 29.9 Å². The number of likely N-dealkylation sites (N-methyl/N-ethyl adjacent to an activating group) is 1. The molecule has 4 rings (SSSR count). The summed E-state index contributed by atoms with van der Waals surface area (Å²) >= 11 is 7.79. The Bertz CT molecular complexity index is 1170. The fourth-order valence-electron chi connectivity index (χ4n) is 3.51. The molecule has 3 aromatic rings. The van der Waals surface area contributed by atoms with Gasteiger partial charge in [0.25, 0.3) is 5.91 Å². The normalized spacial score (nSPS) is 16.3. The minimum Gasteiger partial charge on any atom is -0.313 e. The number of halogens is 1. The van der Waals surface area contributed by atoms with E-state index in [1.165, 1.54) is 27.5 Å². The fourth-order valence-corrected chi connectivity index (χ4v) is 4.89. The number of carbonyl (C=O) groups is 2. The molecule has 1 aliphatic rings. The zero-order valence-corrected chi connectivity index (χ0v) is 18.5. The minimum atomic E-state index is -0.839. The van der Waals surface area contributed by atoms with Gasteiger partial charge in [-0.2, -0.15) is 0 Å². The lowest BCUT2D eigenvalue weighted by molar-refractivity contribution is -0.131. The van der Waals surface area contributed by atoms with Crippen molar-refractivity contribution in [2.45, 2.75) is 39.8 Å². The van der Waals surface area contributed by atoms with Crippen LogP contribution in [0.25, 0.3) is 21.5 Å². The van der Waals surface area contributed by atoms with Crippen molar-refractivity contribution in [3.05, 3.63) is 45.6 Å². The molecular formula is C21H21ClN4O2S. The van der Waals surface area contributed by atoms with Crippen LogP contribution in [0.4, 0.5) is 4.79 Å². The van der Waals surface area contributed by atoms with Crippen molar-refractivity contribution in [3.8, 4) is 11.3 Å². The molecule has 3 amide bonds. The third-order valence-electron chi connectivity index (χ3n) is 5.69. The number of fused-ring (bicyclic) bond motifs is 1. The first kappa shape index (κ1) is 19.8. The number of thiophene rings is 1. The number of carbonyl (C=O) groups excluding carboxylic acids is 2. The van der Waals surface area contributed by atoms with E-state index in [0.717, 1.165) is 37.5 Å². The average Bonchev–Trinajstić information content (AvgIpc) is 3.14. The highest BCUT2D eigenvalue weighted by atomic mass is 35.5. The zero-order chi connectivity index (χ0) is 21.1. The molecule has 1 aromatic carbocycles. The molecule has 0 N–H and O–H groups in total. The van der Waals surface area contributed by atoms with Gasteiger partial charge in [0.1, 0.15) is 11.9 Å². The second-order valence-corrected chi connectivity index (χ2v) is 9.41. The van der Waals surface area contributed by atoms with Crippen LogP contribution >= 0.6 is 22.9 Å². The summed E-state index contributed by atoms with van der Waals surface area (Å²) in [5, 5.41) is 0.658. The molecular weight excluding hydrogens is 408 g/mol. The lowest BCUT2D eigenvalue weighted by Crippen LogP contribution is -2.41. The highest BCUT2D eigenvalue weighted by Crippen LogP contribution is 2.37. The number of rotatable bonds is 3. The number of hydrogen-bond acceptors (Lipinski definition) is 5. The van der Waals surface area contributed by atoms with Crippen molar-refractivity contribution in [3.63, 3.8) is 0 Å². The Kier molecular flexibility index (Phi) is 4.63. The van der Waals surface area contributed by atoms with Crippen LogP contribution in [0.5, 0.6) is 0 Å². The van der Waals surface area contributed by atoms with E-state index in [2.05, 4.69) is 9.97 Å². The number of urea groups is 1. The molecule has 0 saturated carbocycles. The standard InChI is InChI=1S/C21H21ClN4O2S/c1-11-6-13(22)7-15(12(11)2)17-18-16(23-10-24-17)8-14(29-18)9-26-19(27)21(3,4)25(5)20(26)28/h6-8,10H,9H2,1-5H3. The van der Waals surface area contributed by atoms with E-state index in [1.807, 2.05) is 32.0 Å². The van der Waals surface area contributed by atoms with Crippen molar-refractivity contribution in [2.75, 3.05) is 7.05 Å². The maximum Gasteiger partial charge on any atom is 0.327 e. The summed E-state index contributed by atoms with van der Waals surface area (Å²) in [5.41, 5.74) is 3.93. The minimum absolute atomic E-state index is 0.199. The number of benzene rings is 1. The molecule has 150 valence electrons. The molecule has 1 aliphatic heterocycles. The Morgan fingerprint density at radius 1 is 1.14 bits per heavy atom.